The minimum Gasteiger partial charge on any atom is -0.454 e. The minimum absolute atomic E-state index is 0.00772. The van der Waals surface area contributed by atoms with Crippen molar-refractivity contribution in [1.82, 2.24) is 10.2 Å². The molecule has 136 valence electrons. The average molecular weight is 372 g/mol. The lowest BCUT2D eigenvalue weighted by atomic mass is 10.0. The molecular formula is C19H20N2O4S. The van der Waals surface area contributed by atoms with Gasteiger partial charge in [0.05, 0.1) is 6.42 Å². The van der Waals surface area contributed by atoms with Crippen molar-refractivity contribution in [3.05, 3.63) is 46.2 Å². The number of amides is 2. The number of rotatable bonds is 4. The van der Waals surface area contributed by atoms with Gasteiger partial charge in [-0.15, -0.1) is 11.3 Å². The Morgan fingerprint density at radius 1 is 1.15 bits per heavy atom. The quantitative estimate of drug-likeness (QED) is 0.895. The van der Waals surface area contributed by atoms with Crippen LogP contribution in [-0.2, 0) is 11.2 Å². The number of ether oxygens (including phenoxy) is 2. The Morgan fingerprint density at radius 2 is 1.96 bits per heavy atom. The third kappa shape index (κ3) is 3.67. The van der Waals surface area contributed by atoms with Crippen LogP contribution >= 0.6 is 11.3 Å². The Hall–Kier alpha value is -2.54. The van der Waals surface area contributed by atoms with E-state index in [1.807, 2.05) is 22.4 Å². The van der Waals surface area contributed by atoms with Crippen molar-refractivity contribution >= 4 is 23.2 Å². The molecule has 0 unspecified atom stereocenters. The molecule has 0 atom stereocenters. The predicted octanol–water partition coefficient (Wildman–Crippen LogP) is 2.44. The molecule has 1 fully saturated rings. The Bertz CT molecular complexity index is 798. The van der Waals surface area contributed by atoms with Crippen LogP contribution < -0.4 is 14.8 Å². The largest absolute Gasteiger partial charge is 0.454 e. The molecule has 1 saturated heterocycles. The van der Waals surface area contributed by atoms with E-state index in [0.717, 1.165) is 17.7 Å². The van der Waals surface area contributed by atoms with Gasteiger partial charge < -0.3 is 19.7 Å². The molecule has 0 spiro atoms. The molecule has 7 heteroatoms. The van der Waals surface area contributed by atoms with Crippen LogP contribution in [0.1, 0.15) is 28.1 Å². The van der Waals surface area contributed by atoms with Crippen molar-refractivity contribution in [2.45, 2.75) is 25.3 Å². The van der Waals surface area contributed by atoms with E-state index in [9.17, 15) is 9.59 Å². The summed E-state index contributed by atoms with van der Waals surface area (Å²) in [7, 11) is 0. The van der Waals surface area contributed by atoms with Crippen LogP contribution in [0.15, 0.2) is 35.7 Å². The predicted molar refractivity (Wildman–Crippen MR) is 97.7 cm³/mol. The first-order valence-corrected chi connectivity index (χ1v) is 9.58. The highest BCUT2D eigenvalue weighted by Crippen LogP contribution is 2.33. The van der Waals surface area contributed by atoms with E-state index >= 15 is 0 Å². The Kier molecular flexibility index (Phi) is 4.79. The smallest absolute Gasteiger partial charge is 0.253 e. The fourth-order valence-corrected chi connectivity index (χ4v) is 3.99. The van der Waals surface area contributed by atoms with E-state index in [2.05, 4.69) is 5.32 Å². The highest BCUT2D eigenvalue weighted by molar-refractivity contribution is 7.10. The maximum absolute atomic E-state index is 12.7. The van der Waals surface area contributed by atoms with Crippen LogP contribution in [-0.4, -0.2) is 42.6 Å². The number of carbonyl (C=O) groups excluding carboxylic acids is 2. The second-order valence-electron chi connectivity index (χ2n) is 6.46. The number of hydrogen-bond acceptors (Lipinski definition) is 5. The zero-order chi connectivity index (χ0) is 17.9. The topological polar surface area (TPSA) is 67.9 Å². The summed E-state index contributed by atoms with van der Waals surface area (Å²) in [5, 5.41) is 5.06. The fraction of sp³-hybridized carbons (Fsp3) is 0.368. The molecule has 26 heavy (non-hydrogen) atoms. The first-order chi connectivity index (χ1) is 12.7. The highest BCUT2D eigenvalue weighted by Gasteiger charge is 2.26. The van der Waals surface area contributed by atoms with Gasteiger partial charge in [0.1, 0.15) is 0 Å². The van der Waals surface area contributed by atoms with Crippen LogP contribution in [0.4, 0.5) is 0 Å². The summed E-state index contributed by atoms with van der Waals surface area (Å²) in [6.45, 7) is 1.47. The molecule has 3 heterocycles. The van der Waals surface area contributed by atoms with Gasteiger partial charge in [-0.05, 0) is 42.5 Å². The van der Waals surface area contributed by atoms with E-state index in [1.54, 1.807) is 29.5 Å². The first kappa shape index (κ1) is 16.9. The van der Waals surface area contributed by atoms with Gasteiger partial charge in [-0.2, -0.15) is 0 Å². The van der Waals surface area contributed by atoms with Crippen molar-refractivity contribution in [3.8, 4) is 11.5 Å². The van der Waals surface area contributed by atoms with Crippen LogP contribution in [0.5, 0.6) is 11.5 Å². The molecule has 1 N–H and O–H groups in total. The second kappa shape index (κ2) is 7.37. The molecule has 0 aliphatic carbocycles. The van der Waals surface area contributed by atoms with E-state index in [-0.39, 0.29) is 24.6 Å². The van der Waals surface area contributed by atoms with Gasteiger partial charge in [-0.25, -0.2) is 0 Å². The molecule has 0 bridgehead atoms. The number of thiophene rings is 1. The van der Waals surface area contributed by atoms with Gasteiger partial charge in [0, 0.05) is 29.6 Å². The fourth-order valence-electron chi connectivity index (χ4n) is 3.29. The van der Waals surface area contributed by atoms with Crippen LogP contribution in [0.2, 0.25) is 0 Å². The van der Waals surface area contributed by atoms with Crippen molar-refractivity contribution in [2.75, 3.05) is 19.9 Å². The number of nitrogens with one attached hydrogen (secondary N) is 1. The van der Waals surface area contributed by atoms with Crippen molar-refractivity contribution in [3.63, 3.8) is 0 Å². The molecular weight excluding hydrogens is 352 g/mol. The SMILES string of the molecule is O=C(Cc1cccs1)NC1CCN(C(=O)c2ccc3c(c2)OCO3)CC1. The summed E-state index contributed by atoms with van der Waals surface area (Å²) < 4.78 is 10.6. The third-order valence-corrected chi connectivity index (χ3v) is 5.56. The number of nitrogens with zero attached hydrogens (tertiary/aromatic N) is 1. The molecule has 6 nitrogen and oxygen atoms in total. The van der Waals surface area contributed by atoms with Crippen molar-refractivity contribution in [1.29, 1.82) is 0 Å². The van der Waals surface area contributed by atoms with Crippen LogP contribution in [0, 0.1) is 0 Å². The normalized spacial score (nSPS) is 16.5. The number of benzene rings is 1. The Balaban J connectivity index is 1.29. The van der Waals surface area contributed by atoms with Gasteiger partial charge in [-0.3, -0.25) is 9.59 Å². The van der Waals surface area contributed by atoms with Gasteiger partial charge in [0.15, 0.2) is 11.5 Å². The molecule has 1 aromatic carbocycles. The molecule has 2 aliphatic heterocycles. The molecule has 4 rings (SSSR count). The lowest BCUT2D eigenvalue weighted by Gasteiger charge is -2.32. The number of piperidine rings is 1. The summed E-state index contributed by atoms with van der Waals surface area (Å²) in [4.78, 5) is 27.7. The van der Waals surface area contributed by atoms with Crippen molar-refractivity contribution < 1.29 is 19.1 Å². The van der Waals surface area contributed by atoms with Gasteiger partial charge in [0.25, 0.3) is 5.91 Å². The van der Waals surface area contributed by atoms with Crippen molar-refractivity contribution in [2.24, 2.45) is 0 Å². The molecule has 2 aromatic rings. The molecule has 2 amide bonds. The summed E-state index contributed by atoms with van der Waals surface area (Å²) >= 11 is 1.59. The number of hydrogen-bond donors (Lipinski definition) is 1. The van der Waals surface area contributed by atoms with Crippen LogP contribution in [0.3, 0.4) is 0 Å². The molecule has 0 saturated carbocycles. The highest BCUT2D eigenvalue weighted by atomic mass is 32.1. The third-order valence-electron chi connectivity index (χ3n) is 4.68. The molecule has 1 aromatic heterocycles. The average Bonchev–Trinajstić information content (AvgIpc) is 3.32. The Labute approximate surface area is 155 Å². The molecule has 0 radical (unpaired) electrons. The zero-order valence-corrected chi connectivity index (χ0v) is 15.1. The maximum Gasteiger partial charge on any atom is 0.253 e. The lowest BCUT2D eigenvalue weighted by molar-refractivity contribution is -0.121. The van der Waals surface area contributed by atoms with E-state index < -0.39 is 0 Å². The monoisotopic (exact) mass is 372 g/mol. The summed E-state index contributed by atoms with van der Waals surface area (Å²) in [6, 6.07) is 9.32. The summed E-state index contributed by atoms with van der Waals surface area (Å²) in [5.41, 5.74) is 0.606. The first-order valence-electron chi connectivity index (χ1n) is 8.70. The standard InChI is InChI=1S/C19H20N2O4S/c22-18(11-15-2-1-9-26-15)20-14-5-7-21(8-6-14)19(23)13-3-4-16-17(10-13)25-12-24-16/h1-4,9-10,14H,5-8,11-12H2,(H,20,22). The number of fused-ring (bicyclic) bond motifs is 1. The number of likely N-dealkylation sites (tertiary alicyclic amines) is 1. The summed E-state index contributed by atoms with van der Waals surface area (Å²) in [5.74, 6) is 1.33. The molecule has 2 aliphatic rings. The van der Waals surface area contributed by atoms with Gasteiger partial charge in [0.2, 0.25) is 12.7 Å². The van der Waals surface area contributed by atoms with Gasteiger partial charge >= 0.3 is 0 Å². The zero-order valence-electron chi connectivity index (χ0n) is 14.3. The van der Waals surface area contributed by atoms with Gasteiger partial charge in [-0.1, -0.05) is 6.07 Å². The van der Waals surface area contributed by atoms with Crippen LogP contribution in [0.25, 0.3) is 0 Å². The Morgan fingerprint density at radius 3 is 2.73 bits per heavy atom. The summed E-state index contributed by atoms with van der Waals surface area (Å²) in [6.07, 6.45) is 1.97. The lowest BCUT2D eigenvalue weighted by Crippen LogP contribution is -2.46. The maximum atomic E-state index is 12.7. The second-order valence-corrected chi connectivity index (χ2v) is 7.49. The minimum atomic E-state index is -0.00772. The van der Waals surface area contributed by atoms with E-state index in [1.165, 1.54) is 0 Å². The van der Waals surface area contributed by atoms with E-state index in [0.29, 0.717) is 36.6 Å². The van der Waals surface area contributed by atoms with E-state index in [4.69, 9.17) is 9.47 Å². The number of carbonyl (C=O) groups is 2.